The van der Waals surface area contributed by atoms with E-state index in [9.17, 15) is 0 Å². The highest BCUT2D eigenvalue weighted by atomic mass is 35.5. The average Bonchev–Trinajstić information content (AvgIpc) is 2.13. The molecule has 0 atom stereocenters. The Hall–Kier alpha value is -0.730. The van der Waals surface area contributed by atoms with Gasteiger partial charge in [0.2, 0.25) is 0 Å². The zero-order chi connectivity index (χ0) is 10.6. The molecule has 0 saturated heterocycles. The second-order valence-corrected chi connectivity index (χ2v) is 3.54. The van der Waals surface area contributed by atoms with Crippen LogP contribution in [0.25, 0.3) is 0 Å². The maximum Gasteiger partial charge on any atom is 0.189 e. The van der Waals surface area contributed by atoms with Crippen molar-refractivity contribution in [2.24, 2.45) is 0 Å². The van der Waals surface area contributed by atoms with Gasteiger partial charge >= 0.3 is 0 Å². The molecule has 0 unspecified atom stereocenters. The molecule has 0 fully saturated rings. The molecule has 0 heterocycles. The summed E-state index contributed by atoms with van der Waals surface area (Å²) in [5, 5.41) is 0.694. The van der Waals surface area contributed by atoms with Crippen molar-refractivity contribution in [2.45, 2.75) is 20.8 Å². The van der Waals surface area contributed by atoms with Crippen LogP contribution in [0.4, 0.5) is 0 Å². The van der Waals surface area contributed by atoms with Gasteiger partial charge in [-0.1, -0.05) is 11.6 Å². The number of halogens is 1. The topological polar surface area (TPSA) is 18.5 Å². The molecule has 1 rings (SSSR count). The summed E-state index contributed by atoms with van der Waals surface area (Å²) in [6, 6.07) is 3.73. The molecule has 0 amide bonds. The summed E-state index contributed by atoms with van der Waals surface area (Å²) in [5.41, 5.74) is 2.23. The number of hydrogen-bond acceptors (Lipinski definition) is 2. The molecule has 0 aromatic heterocycles. The van der Waals surface area contributed by atoms with E-state index in [1.807, 2.05) is 32.9 Å². The average molecular weight is 215 g/mol. The van der Waals surface area contributed by atoms with Crippen molar-refractivity contribution in [3.05, 3.63) is 28.3 Å². The highest BCUT2D eigenvalue weighted by molar-refractivity contribution is 6.30. The van der Waals surface area contributed by atoms with Crippen LogP contribution in [0, 0.1) is 13.8 Å². The van der Waals surface area contributed by atoms with E-state index >= 15 is 0 Å². The highest BCUT2D eigenvalue weighted by Crippen LogP contribution is 2.26. The van der Waals surface area contributed by atoms with Crippen LogP contribution in [0.1, 0.15) is 18.1 Å². The van der Waals surface area contributed by atoms with E-state index in [4.69, 9.17) is 21.1 Å². The fraction of sp³-hybridized carbons (Fsp3) is 0.455. The number of benzene rings is 1. The van der Waals surface area contributed by atoms with Crippen LogP contribution in [0.2, 0.25) is 5.02 Å². The molecular formula is C11H15ClO2. The number of rotatable bonds is 4. The summed E-state index contributed by atoms with van der Waals surface area (Å²) in [6.45, 7) is 6.87. The van der Waals surface area contributed by atoms with Crippen molar-refractivity contribution in [1.82, 2.24) is 0 Å². The lowest BCUT2D eigenvalue weighted by Crippen LogP contribution is -2.03. The molecule has 0 bridgehead atoms. The summed E-state index contributed by atoms with van der Waals surface area (Å²) in [4.78, 5) is 0. The van der Waals surface area contributed by atoms with Crippen LogP contribution < -0.4 is 4.74 Å². The lowest BCUT2D eigenvalue weighted by atomic mass is 10.1. The first-order valence-corrected chi connectivity index (χ1v) is 5.00. The normalized spacial score (nSPS) is 10.3. The third kappa shape index (κ3) is 2.89. The number of ether oxygens (including phenoxy) is 2. The first kappa shape index (κ1) is 11.3. The molecule has 0 aliphatic carbocycles. The maximum atomic E-state index is 5.91. The van der Waals surface area contributed by atoms with Crippen LogP contribution >= 0.6 is 11.6 Å². The second-order valence-electron chi connectivity index (χ2n) is 3.10. The Bertz CT molecular complexity index is 310. The Balaban J connectivity index is 2.75. The van der Waals surface area contributed by atoms with E-state index < -0.39 is 0 Å². The van der Waals surface area contributed by atoms with Crippen molar-refractivity contribution in [2.75, 3.05) is 13.4 Å². The molecular weight excluding hydrogens is 200 g/mol. The summed E-state index contributed by atoms with van der Waals surface area (Å²) in [7, 11) is 0. The molecule has 1 aromatic carbocycles. The SMILES string of the molecule is CCOCOc1cc(Cl)cc(C)c1C. The largest absolute Gasteiger partial charge is 0.467 e. The van der Waals surface area contributed by atoms with Gasteiger partial charge in [0.05, 0.1) is 0 Å². The minimum atomic E-state index is 0.275. The predicted octanol–water partition coefficient (Wildman–Crippen LogP) is 3.33. The van der Waals surface area contributed by atoms with Crippen LogP contribution in [0.3, 0.4) is 0 Å². The van der Waals surface area contributed by atoms with Crippen LogP contribution in [-0.2, 0) is 4.74 Å². The fourth-order valence-electron chi connectivity index (χ4n) is 1.12. The third-order valence-corrected chi connectivity index (χ3v) is 2.30. The van der Waals surface area contributed by atoms with E-state index in [0.717, 1.165) is 16.9 Å². The van der Waals surface area contributed by atoms with Gasteiger partial charge in [0.1, 0.15) is 5.75 Å². The second kappa shape index (κ2) is 5.23. The zero-order valence-electron chi connectivity index (χ0n) is 8.76. The minimum absolute atomic E-state index is 0.275. The fourth-order valence-corrected chi connectivity index (χ4v) is 1.39. The molecule has 14 heavy (non-hydrogen) atoms. The first-order valence-electron chi connectivity index (χ1n) is 4.62. The predicted molar refractivity (Wildman–Crippen MR) is 58.0 cm³/mol. The van der Waals surface area contributed by atoms with E-state index in [-0.39, 0.29) is 6.79 Å². The van der Waals surface area contributed by atoms with Gasteiger partial charge in [-0.25, -0.2) is 0 Å². The van der Waals surface area contributed by atoms with Gasteiger partial charge in [0.25, 0.3) is 0 Å². The molecule has 1 aromatic rings. The molecule has 0 N–H and O–H groups in total. The minimum Gasteiger partial charge on any atom is -0.467 e. The third-order valence-electron chi connectivity index (χ3n) is 2.09. The monoisotopic (exact) mass is 214 g/mol. The van der Waals surface area contributed by atoms with Crippen molar-refractivity contribution < 1.29 is 9.47 Å². The molecule has 2 nitrogen and oxygen atoms in total. The smallest absolute Gasteiger partial charge is 0.189 e. The summed E-state index contributed by atoms with van der Waals surface area (Å²) in [5.74, 6) is 0.795. The van der Waals surface area contributed by atoms with E-state index in [1.54, 1.807) is 0 Å². The summed E-state index contributed by atoms with van der Waals surface area (Å²) >= 11 is 5.91. The quantitative estimate of drug-likeness (QED) is 0.566. The van der Waals surface area contributed by atoms with Gasteiger partial charge < -0.3 is 9.47 Å². The van der Waals surface area contributed by atoms with Crippen molar-refractivity contribution in [3.8, 4) is 5.75 Å². The Morgan fingerprint density at radius 1 is 1.29 bits per heavy atom. The van der Waals surface area contributed by atoms with Gasteiger partial charge in [-0.2, -0.15) is 0 Å². The van der Waals surface area contributed by atoms with Crippen LogP contribution in [-0.4, -0.2) is 13.4 Å². The molecule has 0 saturated carbocycles. The van der Waals surface area contributed by atoms with Gasteiger partial charge in [-0.3, -0.25) is 0 Å². The van der Waals surface area contributed by atoms with Gasteiger partial charge in [0, 0.05) is 11.6 Å². The molecule has 0 aliphatic heterocycles. The Kier molecular flexibility index (Phi) is 4.23. The summed E-state index contributed by atoms with van der Waals surface area (Å²) in [6.07, 6.45) is 0. The van der Waals surface area contributed by atoms with Crippen molar-refractivity contribution in [3.63, 3.8) is 0 Å². The van der Waals surface area contributed by atoms with E-state index in [2.05, 4.69) is 0 Å². The lowest BCUT2D eigenvalue weighted by Gasteiger charge is -2.11. The Labute approximate surface area is 89.8 Å². The highest BCUT2D eigenvalue weighted by Gasteiger charge is 2.04. The molecule has 0 aliphatic rings. The van der Waals surface area contributed by atoms with Crippen LogP contribution in [0.5, 0.6) is 5.75 Å². The number of aryl methyl sites for hydroxylation is 1. The standard InChI is InChI=1S/C11H15ClO2/c1-4-13-7-14-11-6-10(12)5-8(2)9(11)3/h5-6H,4,7H2,1-3H3. The summed E-state index contributed by atoms with van der Waals surface area (Å²) < 4.78 is 10.5. The van der Waals surface area contributed by atoms with E-state index in [0.29, 0.717) is 11.6 Å². The van der Waals surface area contributed by atoms with Gasteiger partial charge in [0.15, 0.2) is 6.79 Å². The molecule has 0 spiro atoms. The molecule has 0 radical (unpaired) electrons. The van der Waals surface area contributed by atoms with Crippen molar-refractivity contribution >= 4 is 11.6 Å². The zero-order valence-corrected chi connectivity index (χ0v) is 9.52. The Morgan fingerprint density at radius 2 is 2.00 bits per heavy atom. The molecule has 3 heteroatoms. The maximum absolute atomic E-state index is 5.91. The van der Waals surface area contributed by atoms with Crippen LogP contribution in [0.15, 0.2) is 12.1 Å². The lowest BCUT2D eigenvalue weighted by molar-refractivity contribution is 0.0220. The van der Waals surface area contributed by atoms with Crippen molar-refractivity contribution in [1.29, 1.82) is 0 Å². The van der Waals surface area contributed by atoms with Gasteiger partial charge in [-0.15, -0.1) is 0 Å². The Morgan fingerprint density at radius 3 is 2.64 bits per heavy atom. The first-order chi connectivity index (χ1) is 6.65. The molecule has 78 valence electrons. The van der Waals surface area contributed by atoms with Gasteiger partial charge in [-0.05, 0) is 44.0 Å². The van der Waals surface area contributed by atoms with E-state index in [1.165, 1.54) is 0 Å². The number of hydrogen-bond donors (Lipinski definition) is 0.